The summed E-state index contributed by atoms with van der Waals surface area (Å²) in [5.41, 5.74) is 1.53. The third-order valence-corrected chi connectivity index (χ3v) is 6.09. The summed E-state index contributed by atoms with van der Waals surface area (Å²) < 4.78 is 62.8. The van der Waals surface area contributed by atoms with Gasteiger partial charge in [0.25, 0.3) is 0 Å². The lowest BCUT2D eigenvalue weighted by molar-refractivity contribution is -0.169. The minimum Gasteiger partial charge on any atom is -0.491 e. The molecule has 0 amide bonds. The molecule has 0 bridgehead atoms. The summed E-state index contributed by atoms with van der Waals surface area (Å²) in [5.74, 6) is -0.525. The number of halogens is 4. The molecule has 4 nitrogen and oxygen atoms in total. The topological polar surface area (TPSA) is 41.2 Å². The summed E-state index contributed by atoms with van der Waals surface area (Å²) in [6.07, 6.45) is 3.22. The molecule has 1 atom stereocenters. The predicted molar refractivity (Wildman–Crippen MR) is 110 cm³/mol. The van der Waals surface area contributed by atoms with Crippen molar-refractivity contribution in [1.29, 1.82) is 5.26 Å². The van der Waals surface area contributed by atoms with Crippen molar-refractivity contribution in [2.75, 3.05) is 13.2 Å². The van der Waals surface area contributed by atoms with E-state index in [4.69, 9.17) is 4.74 Å². The number of benzene rings is 1. The number of hydrogen-bond donors (Lipinski definition) is 0. The number of nitrogens with zero attached hydrogens (tertiary/aromatic N) is 3. The summed E-state index contributed by atoms with van der Waals surface area (Å²) in [7, 11) is 0. The van der Waals surface area contributed by atoms with Crippen molar-refractivity contribution in [2.45, 2.75) is 51.4 Å². The van der Waals surface area contributed by atoms with Gasteiger partial charge in [-0.1, -0.05) is 12.2 Å². The molecule has 1 aliphatic carbocycles. The van der Waals surface area contributed by atoms with E-state index >= 15 is 0 Å². The first-order valence-corrected chi connectivity index (χ1v) is 10.4. The molecule has 1 aromatic heterocycles. The first-order chi connectivity index (χ1) is 14.8. The minimum absolute atomic E-state index is 0.0365. The SMILES string of the molecule is CCOc1cc2c(cc1F)c(C#N)c(C1=CC=CCN1[C@@H](C)C(F)(F)F)n2C1CCC1. The molecule has 1 aromatic carbocycles. The van der Waals surface area contributed by atoms with Gasteiger partial charge in [-0.25, -0.2) is 4.39 Å². The molecule has 1 fully saturated rings. The van der Waals surface area contributed by atoms with Gasteiger partial charge in [-0.05, 0) is 45.3 Å². The van der Waals surface area contributed by atoms with Crippen LogP contribution in [0.3, 0.4) is 0 Å². The maximum Gasteiger partial charge on any atom is 0.408 e. The molecule has 1 aliphatic heterocycles. The van der Waals surface area contributed by atoms with Crippen molar-refractivity contribution < 1.29 is 22.3 Å². The van der Waals surface area contributed by atoms with Crippen LogP contribution in [0.5, 0.6) is 5.75 Å². The highest BCUT2D eigenvalue weighted by atomic mass is 19.4. The lowest BCUT2D eigenvalue weighted by atomic mass is 9.92. The number of alkyl halides is 3. The molecule has 2 aromatic rings. The molecule has 0 unspecified atom stereocenters. The molecular formula is C23H23F4N3O. The molecule has 4 rings (SSSR count). The van der Waals surface area contributed by atoms with Crippen LogP contribution in [0.1, 0.15) is 50.4 Å². The van der Waals surface area contributed by atoms with Crippen molar-refractivity contribution in [3.8, 4) is 11.8 Å². The van der Waals surface area contributed by atoms with Crippen LogP contribution in [-0.2, 0) is 0 Å². The number of allylic oxidation sites excluding steroid dienone is 2. The standard InChI is InChI=1S/C23H23F4N3O/c1-3-31-21-12-20-16(11-18(21)24)17(13-28)22(30(20)15-7-6-8-15)19-9-4-5-10-29(19)14(2)23(25,26)27/h4-5,9,11-12,14-15H,3,6-8,10H2,1-2H3/t14-/m0/s1. The number of fused-ring (bicyclic) bond motifs is 1. The molecule has 2 aliphatic rings. The predicted octanol–water partition coefficient (Wildman–Crippen LogP) is 5.94. The third-order valence-electron chi connectivity index (χ3n) is 6.09. The van der Waals surface area contributed by atoms with Gasteiger partial charge in [-0.2, -0.15) is 18.4 Å². The van der Waals surface area contributed by atoms with E-state index in [1.54, 1.807) is 31.2 Å². The van der Waals surface area contributed by atoms with E-state index in [-0.39, 0.29) is 30.5 Å². The molecular weight excluding hydrogens is 410 g/mol. The Morgan fingerprint density at radius 2 is 2.03 bits per heavy atom. The Bertz CT molecular complexity index is 1100. The number of ether oxygens (including phenoxy) is 1. The highest BCUT2D eigenvalue weighted by Gasteiger charge is 2.42. The van der Waals surface area contributed by atoms with Crippen LogP contribution in [0.15, 0.2) is 30.4 Å². The first kappa shape index (κ1) is 21.3. The molecule has 0 saturated heterocycles. The molecule has 0 spiro atoms. The fraction of sp³-hybridized carbons (Fsp3) is 0.435. The van der Waals surface area contributed by atoms with Crippen LogP contribution < -0.4 is 4.74 Å². The lowest BCUT2D eigenvalue weighted by Gasteiger charge is -2.37. The zero-order valence-corrected chi connectivity index (χ0v) is 17.3. The zero-order chi connectivity index (χ0) is 22.3. The van der Waals surface area contributed by atoms with Crippen molar-refractivity contribution in [1.82, 2.24) is 9.47 Å². The van der Waals surface area contributed by atoms with Gasteiger partial charge < -0.3 is 14.2 Å². The molecule has 1 saturated carbocycles. The van der Waals surface area contributed by atoms with E-state index in [1.807, 2.05) is 4.57 Å². The smallest absolute Gasteiger partial charge is 0.408 e. The average molecular weight is 433 g/mol. The van der Waals surface area contributed by atoms with Crippen molar-refractivity contribution >= 4 is 16.6 Å². The van der Waals surface area contributed by atoms with Crippen LogP contribution in [0.25, 0.3) is 16.6 Å². The fourth-order valence-corrected chi connectivity index (χ4v) is 4.25. The highest BCUT2D eigenvalue weighted by molar-refractivity contribution is 5.94. The van der Waals surface area contributed by atoms with E-state index in [2.05, 4.69) is 6.07 Å². The van der Waals surface area contributed by atoms with Gasteiger partial charge in [0.1, 0.15) is 12.1 Å². The normalized spacial score (nSPS) is 18.0. The lowest BCUT2D eigenvalue weighted by Crippen LogP contribution is -2.43. The van der Waals surface area contributed by atoms with Crippen molar-refractivity contribution in [2.24, 2.45) is 0 Å². The van der Waals surface area contributed by atoms with E-state index in [1.165, 1.54) is 11.0 Å². The Balaban J connectivity index is 1.99. The van der Waals surface area contributed by atoms with Gasteiger partial charge in [0.2, 0.25) is 0 Å². The monoisotopic (exact) mass is 433 g/mol. The quantitative estimate of drug-likeness (QED) is 0.548. The first-order valence-electron chi connectivity index (χ1n) is 10.4. The Kier molecular flexibility index (Phi) is 5.46. The van der Waals surface area contributed by atoms with E-state index in [0.29, 0.717) is 22.3 Å². The molecule has 0 N–H and O–H groups in total. The van der Waals surface area contributed by atoms with Gasteiger partial charge in [0, 0.05) is 24.0 Å². The summed E-state index contributed by atoms with van der Waals surface area (Å²) in [6.45, 7) is 3.21. The second kappa shape index (κ2) is 7.95. The van der Waals surface area contributed by atoms with Crippen molar-refractivity contribution in [3.05, 3.63) is 47.4 Å². The van der Waals surface area contributed by atoms with E-state index in [0.717, 1.165) is 26.2 Å². The molecule has 31 heavy (non-hydrogen) atoms. The molecule has 8 heteroatoms. The minimum atomic E-state index is -4.43. The zero-order valence-electron chi connectivity index (χ0n) is 17.3. The van der Waals surface area contributed by atoms with Gasteiger partial charge in [-0.3, -0.25) is 0 Å². The number of rotatable bonds is 5. The van der Waals surface area contributed by atoms with Crippen LogP contribution in [0.4, 0.5) is 17.6 Å². The van der Waals surface area contributed by atoms with Crippen molar-refractivity contribution in [3.63, 3.8) is 0 Å². The Morgan fingerprint density at radius 3 is 2.61 bits per heavy atom. The molecule has 164 valence electrons. The number of nitriles is 1. The molecule has 0 radical (unpaired) electrons. The maximum atomic E-state index is 14.6. The number of aromatic nitrogens is 1. The van der Waals surface area contributed by atoms with Gasteiger partial charge in [-0.15, -0.1) is 0 Å². The fourth-order valence-electron chi connectivity index (χ4n) is 4.25. The Labute approximate surface area is 178 Å². The van der Waals surface area contributed by atoms with E-state index < -0.39 is 18.0 Å². The van der Waals surface area contributed by atoms with Gasteiger partial charge in [0.05, 0.1) is 29.1 Å². The van der Waals surface area contributed by atoms with Gasteiger partial charge >= 0.3 is 6.18 Å². The van der Waals surface area contributed by atoms with Crippen LogP contribution in [-0.4, -0.2) is 34.8 Å². The summed E-state index contributed by atoms with van der Waals surface area (Å²) in [5, 5.41) is 10.4. The average Bonchev–Trinajstić information content (AvgIpc) is 2.98. The molecule has 2 heterocycles. The highest BCUT2D eigenvalue weighted by Crippen LogP contribution is 2.44. The second-order valence-corrected chi connectivity index (χ2v) is 7.87. The van der Waals surface area contributed by atoms with Gasteiger partial charge in [0.15, 0.2) is 11.6 Å². The summed E-state index contributed by atoms with van der Waals surface area (Å²) in [6, 6.07) is 3.26. The largest absolute Gasteiger partial charge is 0.491 e. The number of hydrogen-bond acceptors (Lipinski definition) is 3. The van der Waals surface area contributed by atoms with Crippen LogP contribution in [0.2, 0.25) is 0 Å². The maximum absolute atomic E-state index is 14.6. The third kappa shape index (κ3) is 3.56. The summed E-state index contributed by atoms with van der Waals surface area (Å²) >= 11 is 0. The van der Waals surface area contributed by atoms with Crippen LogP contribution >= 0.6 is 0 Å². The van der Waals surface area contributed by atoms with E-state index in [9.17, 15) is 22.8 Å². The second-order valence-electron chi connectivity index (χ2n) is 7.87. The Morgan fingerprint density at radius 1 is 1.29 bits per heavy atom. The summed E-state index contributed by atoms with van der Waals surface area (Å²) in [4.78, 5) is 1.25. The Hall–Kier alpha value is -2.95. The van der Waals surface area contributed by atoms with Crippen LogP contribution in [0, 0.1) is 17.1 Å².